The lowest BCUT2D eigenvalue weighted by atomic mass is 10.3. The number of benzene rings is 1. The van der Waals surface area contributed by atoms with Gasteiger partial charge >= 0.3 is 0 Å². The number of thioether (sulfide) groups is 1. The third-order valence-electron chi connectivity index (χ3n) is 3.65. The molecule has 0 saturated heterocycles. The molecule has 0 spiro atoms. The number of carbonyl (C=O) groups excluding carboxylic acids is 1. The van der Waals surface area contributed by atoms with E-state index in [1.165, 1.54) is 4.57 Å². The Morgan fingerprint density at radius 1 is 1.28 bits per heavy atom. The highest BCUT2D eigenvalue weighted by Gasteiger charge is 2.15. The highest BCUT2D eigenvalue weighted by Crippen LogP contribution is 2.22. The molecule has 0 bridgehead atoms. The fourth-order valence-corrected chi connectivity index (χ4v) is 3.23. The number of methoxy groups -OCH3 is 1. The second kappa shape index (κ2) is 8.57. The standard InChI is InChI=1S/C17H21N3O4S/c1-4-19(5-2)16(23)11-25-17-18-14(21)10-15(22)20(17)12-6-8-13(24-3)9-7-12/h6-10,21H,4-5,11H2,1-3H3. The van der Waals surface area contributed by atoms with Crippen LogP contribution in [0, 0.1) is 0 Å². The van der Waals surface area contributed by atoms with Crippen molar-refractivity contribution in [2.24, 2.45) is 0 Å². The Morgan fingerprint density at radius 2 is 1.92 bits per heavy atom. The van der Waals surface area contributed by atoms with E-state index in [2.05, 4.69) is 4.98 Å². The van der Waals surface area contributed by atoms with Gasteiger partial charge in [-0.1, -0.05) is 11.8 Å². The van der Waals surface area contributed by atoms with Crippen LogP contribution in [0.3, 0.4) is 0 Å². The molecule has 8 heteroatoms. The van der Waals surface area contributed by atoms with Gasteiger partial charge in [0.05, 0.1) is 24.6 Å². The van der Waals surface area contributed by atoms with Gasteiger partial charge in [0, 0.05) is 13.1 Å². The van der Waals surface area contributed by atoms with Crippen LogP contribution < -0.4 is 10.3 Å². The molecule has 25 heavy (non-hydrogen) atoms. The largest absolute Gasteiger partial charge is 0.497 e. The molecule has 1 N–H and O–H groups in total. The Hall–Kier alpha value is -2.48. The van der Waals surface area contributed by atoms with Crippen LogP contribution in [0.25, 0.3) is 5.69 Å². The van der Waals surface area contributed by atoms with Gasteiger partial charge in [0.1, 0.15) is 5.75 Å². The Kier molecular flexibility index (Phi) is 6.46. The summed E-state index contributed by atoms with van der Waals surface area (Å²) in [4.78, 5) is 30.2. The van der Waals surface area contributed by atoms with Gasteiger partial charge in [-0.05, 0) is 38.1 Å². The lowest BCUT2D eigenvalue weighted by molar-refractivity contribution is -0.127. The lowest BCUT2D eigenvalue weighted by Gasteiger charge is -2.18. The van der Waals surface area contributed by atoms with Crippen LogP contribution in [0.4, 0.5) is 0 Å². The van der Waals surface area contributed by atoms with Gasteiger partial charge in [-0.3, -0.25) is 14.2 Å². The van der Waals surface area contributed by atoms with Crippen LogP contribution >= 0.6 is 11.8 Å². The Labute approximate surface area is 150 Å². The van der Waals surface area contributed by atoms with E-state index in [0.29, 0.717) is 24.5 Å². The van der Waals surface area contributed by atoms with Gasteiger partial charge in [0.2, 0.25) is 11.8 Å². The summed E-state index contributed by atoms with van der Waals surface area (Å²) < 4.78 is 6.48. The molecule has 0 unspecified atom stereocenters. The molecule has 0 fully saturated rings. The van der Waals surface area contributed by atoms with Crippen LogP contribution in [0.2, 0.25) is 0 Å². The first-order valence-corrected chi connectivity index (χ1v) is 8.86. The lowest BCUT2D eigenvalue weighted by Crippen LogP contribution is -2.32. The van der Waals surface area contributed by atoms with Crippen molar-refractivity contribution in [1.29, 1.82) is 0 Å². The summed E-state index contributed by atoms with van der Waals surface area (Å²) in [7, 11) is 1.56. The number of aromatic nitrogens is 2. The van der Waals surface area contributed by atoms with Crippen molar-refractivity contribution in [3.63, 3.8) is 0 Å². The maximum Gasteiger partial charge on any atom is 0.262 e. The fourth-order valence-electron chi connectivity index (χ4n) is 2.31. The molecule has 1 aromatic heterocycles. The number of hydrogen-bond acceptors (Lipinski definition) is 6. The van der Waals surface area contributed by atoms with Crippen molar-refractivity contribution in [3.8, 4) is 17.3 Å². The van der Waals surface area contributed by atoms with Gasteiger partial charge < -0.3 is 14.7 Å². The van der Waals surface area contributed by atoms with E-state index in [-0.39, 0.29) is 22.7 Å². The first-order chi connectivity index (χ1) is 12.0. The quantitative estimate of drug-likeness (QED) is 0.597. The number of carbonyl (C=O) groups is 1. The van der Waals surface area contributed by atoms with E-state index in [4.69, 9.17) is 4.74 Å². The maximum absolute atomic E-state index is 12.3. The number of nitrogens with zero attached hydrogens (tertiary/aromatic N) is 3. The minimum atomic E-state index is -0.421. The van der Waals surface area contributed by atoms with E-state index in [9.17, 15) is 14.7 Å². The van der Waals surface area contributed by atoms with Crippen LogP contribution in [-0.4, -0.2) is 51.4 Å². The summed E-state index contributed by atoms with van der Waals surface area (Å²) in [6.07, 6.45) is 0. The smallest absolute Gasteiger partial charge is 0.262 e. The van der Waals surface area contributed by atoms with Crippen LogP contribution in [0.15, 0.2) is 40.3 Å². The summed E-state index contributed by atoms with van der Waals surface area (Å²) >= 11 is 1.12. The third-order valence-corrected chi connectivity index (χ3v) is 4.57. The Bertz CT molecular complexity index is 785. The highest BCUT2D eigenvalue weighted by atomic mass is 32.2. The van der Waals surface area contributed by atoms with E-state index >= 15 is 0 Å². The Balaban J connectivity index is 2.34. The molecular weight excluding hydrogens is 342 g/mol. The van der Waals surface area contributed by atoms with Gasteiger partial charge in [-0.25, -0.2) is 0 Å². The summed E-state index contributed by atoms with van der Waals surface area (Å²) in [6.45, 7) is 5.06. The van der Waals surface area contributed by atoms with Crippen LogP contribution in [-0.2, 0) is 4.79 Å². The van der Waals surface area contributed by atoms with Crippen molar-refractivity contribution in [2.45, 2.75) is 19.0 Å². The van der Waals surface area contributed by atoms with E-state index in [1.54, 1.807) is 36.3 Å². The summed E-state index contributed by atoms with van der Waals surface area (Å²) in [5.74, 6) is 0.379. The summed E-state index contributed by atoms with van der Waals surface area (Å²) in [5.41, 5.74) is 0.159. The number of hydrogen-bond donors (Lipinski definition) is 1. The predicted octanol–water partition coefficient (Wildman–Crippen LogP) is 1.91. The molecule has 0 radical (unpaired) electrons. The van der Waals surface area contributed by atoms with Crippen molar-refractivity contribution in [1.82, 2.24) is 14.5 Å². The topological polar surface area (TPSA) is 84.7 Å². The molecule has 2 aromatic rings. The molecular formula is C17H21N3O4S. The molecule has 1 aromatic carbocycles. The molecule has 7 nitrogen and oxygen atoms in total. The molecule has 0 atom stereocenters. The van der Waals surface area contributed by atoms with Gasteiger partial charge in [-0.2, -0.15) is 4.98 Å². The SMILES string of the molecule is CCN(CC)C(=O)CSc1nc(O)cc(=O)n1-c1ccc(OC)cc1. The zero-order valence-electron chi connectivity index (χ0n) is 14.4. The number of amides is 1. The van der Waals surface area contributed by atoms with Gasteiger partial charge in [0.15, 0.2) is 5.16 Å². The number of aromatic hydroxyl groups is 1. The second-order valence-corrected chi connectivity index (χ2v) is 6.07. The van der Waals surface area contributed by atoms with Crippen molar-refractivity contribution in [3.05, 3.63) is 40.7 Å². The average molecular weight is 363 g/mol. The van der Waals surface area contributed by atoms with E-state index < -0.39 is 5.56 Å². The number of ether oxygens (including phenoxy) is 1. The number of rotatable bonds is 7. The third kappa shape index (κ3) is 4.54. The van der Waals surface area contributed by atoms with E-state index in [0.717, 1.165) is 17.8 Å². The highest BCUT2D eigenvalue weighted by molar-refractivity contribution is 7.99. The maximum atomic E-state index is 12.3. The second-order valence-electron chi connectivity index (χ2n) is 5.12. The van der Waals surface area contributed by atoms with Crippen molar-refractivity contribution in [2.75, 3.05) is 26.0 Å². The van der Waals surface area contributed by atoms with Crippen LogP contribution in [0.1, 0.15) is 13.8 Å². The van der Waals surface area contributed by atoms with E-state index in [1.807, 2.05) is 13.8 Å². The Morgan fingerprint density at radius 3 is 2.48 bits per heavy atom. The predicted molar refractivity (Wildman–Crippen MR) is 96.7 cm³/mol. The van der Waals surface area contributed by atoms with Crippen molar-refractivity contribution >= 4 is 17.7 Å². The summed E-state index contributed by atoms with van der Waals surface area (Å²) in [6, 6.07) is 7.93. The monoisotopic (exact) mass is 363 g/mol. The average Bonchev–Trinajstić information content (AvgIpc) is 2.60. The molecule has 2 rings (SSSR count). The van der Waals surface area contributed by atoms with Crippen molar-refractivity contribution < 1.29 is 14.6 Å². The molecule has 1 amide bonds. The normalized spacial score (nSPS) is 10.5. The fraction of sp³-hybridized carbons (Fsp3) is 0.353. The van der Waals surface area contributed by atoms with Crippen LogP contribution in [0.5, 0.6) is 11.6 Å². The molecule has 0 aliphatic heterocycles. The zero-order valence-corrected chi connectivity index (χ0v) is 15.2. The first-order valence-electron chi connectivity index (χ1n) is 7.88. The zero-order chi connectivity index (χ0) is 18.4. The minimum Gasteiger partial charge on any atom is -0.497 e. The molecule has 0 saturated carbocycles. The molecule has 1 heterocycles. The molecule has 134 valence electrons. The molecule has 0 aliphatic carbocycles. The first kappa shape index (κ1) is 18.9. The summed E-state index contributed by atoms with van der Waals surface area (Å²) in [5, 5.41) is 9.92. The minimum absolute atomic E-state index is 0.0473. The van der Waals surface area contributed by atoms with Gasteiger partial charge in [0.25, 0.3) is 5.56 Å². The molecule has 0 aliphatic rings. The van der Waals surface area contributed by atoms with Gasteiger partial charge in [-0.15, -0.1) is 0 Å².